The number of fused-ring (bicyclic) bond motifs is 1. The Labute approximate surface area is 149 Å². The lowest BCUT2D eigenvalue weighted by atomic mass is 10.0. The number of hydrogen-bond donors (Lipinski definition) is 0. The van der Waals surface area contributed by atoms with E-state index in [0.717, 1.165) is 0 Å². The van der Waals surface area contributed by atoms with Gasteiger partial charge in [0.1, 0.15) is 17.6 Å². The third-order valence-corrected chi connectivity index (χ3v) is 4.00. The van der Waals surface area contributed by atoms with Crippen LogP contribution in [0.4, 0.5) is 0 Å². The van der Waals surface area contributed by atoms with Gasteiger partial charge in [0.25, 0.3) is 0 Å². The van der Waals surface area contributed by atoms with Gasteiger partial charge < -0.3 is 18.6 Å². The van der Waals surface area contributed by atoms with Crippen LogP contribution in [0.1, 0.15) is 12.5 Å². The molecule has 0 radical (unpaired) electrons. The van der Waals surface area contributed by atoms with E-state index in [-0.39, 0.29) is 5.43 Å². The highest BCUT2D eigenvalue weighted by molar-refractivity contribution is 5.86. The van der Waals surface area contributed by atoms with E-state index in [1.165, 1.54) is 26.4 Å². The maximum absolute atomic E-state index is 13.0. The lowest BCUT2D eigenvalue weighted by Gasteiger charge is -2.10. The van der Waals surface area contributed by atoms with Crippen LogP contribution in [0.5, 0.6) is 17.2 Å². The second-order valence-corrected chi connectivity index (χ2v) is 5.76. The van der Waals surface area contributed by atoms with Gasteiger partial charge in [0.2, 0.25) is 5.43 Å². The molecular weight excluding hydrogens is 336 g/mol. The molecule has 0 atom stereocenters. The van der Waals surface area contributed by atoms with Crippen molar-refractivity contribution in [2.75, 3.05) is 14.2 Å². The van der Waals surface area contributed by atoms with Crippen LogP contribution >= 0.6 is 0 Å². The van der Waals surface area contributed by atoms with Crippen molar-refractivity contribution < 1.29 is 23.4 Å². The monoisotopic (exact) mass is 354 g/mol. The molecular formula is C20H18O6. The van der Waals surface area contributed by atoms with E-state index in [2.05, 4.69) is 0 Å². The first-order chi connectivity index (χ1) is 12.4. The van der Waals surface area contributed by atoms with Gasteiger partial charge in [0.15, 0.2) is 11.5 Å². The normalized spacial score (nSPS) is 10.6. The average molecular weight is 354 g/mol. The number of esters is 1. The smallest absolute Gasteiger partial charge is 0.308 e. The van der Waals surface area contributed by atoms with E-state index >= 15 is 0 Å². The average Bonchev–Trinajstić information content (AvgIpc) is 2.60. The molecule has 0 N–H and O–H groups in total. The fourth-order valence-electron chi connectivity index (χ4n) is 2.85. The number of carbonyl (C=O) groups is 1. The van der Waals surface area contributed by atoms with E-state index in [9.17, 15) is 9.59 Å². The molecule has 0 spiro atoms. The molecule has 134 valence electrons. The van der Waals surface area contributed by atoms with Crippen LogP contribution in [0.3, 0.4) is 0 Å². The minimum absolute atomic E-state index is 0.176. The second-order valence-electron chi connectivity index (χ2n) is 5.76. The largest absolute Gasteiger partial charge is 0.493 e. The summed E-state index contributed by atoms with van der Waals surface area (Å²) in [6, 6.07) is 8.39. The van der Waals surface area contributed by atoms with Crippen molar-refractivity contribution in [2.45, 2.75) is 13.8 Å². The molecule has 26 heavy (non-hydrogen) atoms. The number of ether oxygens (including phenoxy) is 3. The van der Waals surface area contributed by atoms with Crippen LogP contribution in [-0.2, 0) is 4.79 Å². The summed E-state index contributed by atoms with van der Waals surface area (Å²) in [4.78, 5) is 24.1. The van der Waals surface area contributed by atoms with E-state index < -0.39 is 5.97 Å². The van der Waals surface area contributed by atoms with Gasteiger partial charge in [-0.2, -0.15) is 0 Å². The van der Waals surface area contributed by atoms with Crippen molar-refractivity contribution in [3.05, 3.63) is 52.4 Å². The van der Waals surface area contributed by atoms with E-state index in [0.29, 0.717) is 44.9 Å². The van der Waals surface area contributed by atoms with Crippen molar-refractivity contribution in [2.24, 2.45) is 0 Å². The van der Waals surface area contributed by atoms with Crippen molar-refractivity contribution >= 4 is 16.9 Å². The summed E-state index contributed by atoms with van der Waals surface area (Å²) >= 11 is 0. The third-order valence-electron chi connectivity index (χ3n) is 4.00. The third kappa shape index (κ3) is 3.13. The Morgan fingerprint density at radius 1 is 1.04 bits per heavy atom. The lowest BCUT2D eigenvalue weighted by Crippen LogP contribution is -2.08. The van der Waals surface area contributed by atoms with Gasteiger partial charge in [-0.25, -0.2) is 0 Å². The van der Waals surface area contributed by atoms with Crippen LogP contribution in [0, 0.1) is 6.92 Å². The molecule has 3 rings (SSSR count). The fourth-order valence-corrected chi connectivity index (χ4v) is 2.85. The van der Waals surface area contributed by atoms with Gasteiger partial charge in [-0.3, -0.25) is 9.59 Å². The predicted molar refractivity (Wildman–Crippen MR) is 97.1 cm³/mol. The zero-order chi connectivity index (χ0) is 18.8. The highest BCUT2D eigenvalue weighted by atomic mass is 16.5. The minimum atomic E-state index is -0.437. The molecule has 0 unspecified atom stereocenters. The van der Waals surface area contributed by atoms with Crippen LogP contribution in [0.15, 0.2) is 45.8 Å². The van der Waals surface area contributed by atoms with Crippen LogP contribution in [-0.4, -0.2) is 20.2 Å². The first-order valence-electron chi connectivity index (χ1n) is 7.91. The molecule has 0 aliphatic rings. The number of benzene rings is 2. The van der Waals surface area contributed by atoms with E-state index in [1.807, 2.05) is 0 Å². The van der Waals surface area contributed by atoms with Crippen LogP contribution < -0.4 is 19.6 Å². The van der Waals surface area contributed by atoms with Crippen LogP contribution in [0.2, 0.25) is 0 Å². The lowest BCUT2D eigenvalue weighted by molar-refractivity contribution is -0.131. The Morgan fingerprint density at radius 3 is 2.42 bits per heavy atom. The predicted octanol–water partition coefficient (Wildman–Crippen LogP) is 3.71. The van der Waals surface area contributed by atoms with Gasteiger partial charge >= 0.3 is 5.97 Å². The summed E-state index contributed by atoms with van der Waals surface area (Å²) in [6.45, 7) is 3.08. The molecule has 0 amide bonds. The molecule has 0 aliphatic heterocycles. The standard InChI is InChI=1S/C20H18O6/c1-11-7-14(26-12(2)21)9-18-19(11)20(22)15(10-25-18)13-5-6-16(23-3)17(8-13)24-4/h5-10H,1-4H3. The Balaban J connectivity index is 2.17. The minimum Gasteiger partial charge on any atom is -0.493 e. The number of rotatable bonds is 4. The Morgan fingerprint density at radius 2 is 1.77 bits per heavy atom. The zero-order valence-corrected chi connectivity index (χ0v) is 14.9. The molecule has 1 aromatic heterocycles. The van der Waals surface area contributed by atoms with E-state index in [4.69, 9.17) is 18.6 Å². The number of carbonyl (C=O) groups excluding carboxylic acids is 1. The van der Waals surface area contributed by atoms with Gasteiger partial charge in [-0.15, -0.1) is 0 Å². The summed E-state index contributed by atoms with van der Waals surface area (Å²) in [5, 5.41) is 0.438. The number of aryl methyl sites for hydroxylation is 1. The maximum Gasteiger partial charge on any atom is 0.308 e. The molecule has 0 saturated carbocycles. The highest BCUT2D eigenvalue weighted by Crippen LogP contribution is 2.32. The first-order valence-corrected chi connectivity index (χ1v) is 7.91. The van der Waals surface area contributed by atoms with Crippen molar-refractivity contribution in [3.8, 4) is 28.4 Å². The van der Waals surface area contributed by atoms with Gasteiger partial charge in [-0.1, -0.05) is 6.07 Å². The van der Waals surface area contributed by atoms with E-state index in [1.54, 1.807) is 38.3 Å². The molecule has 6 nitrogen and oxygen atoms in total. The quantitative estimate of drug-likeness (QED) is 0.525. The Bertz CT molecular complexity index is 1050. The summed E-state index contributed by atoms with van der Waals surface area (Å²) in [6.07, 6.45) is 1.39. The molecule has 0 fully saturated rings. The molecule has 3 aromatic rings. The van der Waals surface area contributed by atoms with Gasteiger partial charge in [0.05, 0.1) is 25.2 Å². The summed E-state index contributed by atoms with van der Waals surface area (Å²) in [5.41, 5.74) is 1.90. The van der Waals surface area contributed by atoms with Gasteiger partial charge in [-0.05, 0) is 36.2 Å². The molecule has 0 aliphatic carbocycles. The molecule has 6 heteroatoms. The number of methoxy groups -OCH3 is 2. The van der Waals surface area contributed by atoms with Gasteiger partial charge in [0, 0.05) is 13.0 Å². The molecule has 2 aromatic carbocycles. The molecule has 0 bridgehead atoms. The maximum atomic E-state index is 13.0. The topological polar surface area (TPSA) is 75.0 Å². The second kappa shape index (κ2) is 6.92. The zero-order valence-electron chi connectivity index (χ0n) is 14.9. The van der Waals surface area contributed by atoms with Crippen molar-refractivity contribution in [3.63, 3.8) is 0 Å². The number of hydrogen-bond acceptors (Lipinski definition) is 6. The first kappa shape index (κ1) is 17.5. The summed E-state index contributed by atoms with van der Waals surface area (Å²) in [5.74, 6) is 0.993. The Kier molecular flexibility index (Phi) is 4.67. The van der Waals surface area contributed by atoms with Crippen molar-refractivity contribution in [1.82, 2.24) is 0 Å². The highest BCUT2D eigenvalue weighted by Gasteiger charge is 2.15. The SMILES string of the molecule is COc1ccc(-c2coc3cc(OC(C)=O)cc(C)c3c2=O)cc1OC. The fraction of sp³-hybridized carbons (Fsp3) is 0.200. The van der Waals surface area contributed by atoms with Crippen LogP contribution in [0.25, 0.3) is 22.1 Å². The molecule has 1 heterocycles. The van der Waals surface area contributed by atoms with Crippen molar-refractivity contribution in [1.29, 1.82) is 0 Å². The summed E-state index contributed by atoms with van der Waals surface area (Å²) in [7, 11) is 3.08. The Hall–Kier alpha value is -3.28. The summed E-state index contributed by atoms with van der Waals surface area (Å²) < 4.78 is 21.2. The molecule has 0 saturated heterocycles.